The number of anilines is 1. The van der Waals surface area contributed by atoms with Gasteiger partial charge in [0.2, 0.25) is 0 Å². The van der Waals surface area contributed by atoms with E-state index in [4.69, 9.17) is 0 Å². The Kier molecular flexibility index (Phi) is 5.24. The van der Waals surface area contributed by atoms with Gasteiger partial charge in [-0.1, -0.05) is 0 Å². The second-order valence-corrected chi connectivity index (χ2v) is 8.02. The average molecular weight is 432 g/mol. The van der Waals surface area contributed by atoms with E-state index < -0.39 is 12.1 Å². The Morgan fingerprint density at radius 3 is 2.83 bits per heavy atom. The molecule has 0 aliphatic carbocycles. The lowest BCUT2D eigenvalue weighted by atomic mass is 10.1. The first-order valence-electron chi connectivity index (χ1n) is 8.68. The number of hydrazine groups is 1. The van der Waals surface area contributed by atoms with Crippen molar-refractivity contribution in [2.24, 2.45) is 0 Å². The molecule has 3 aromatic rings. The van der Waals surface area contributed by atoms with Gasteiger partial charge in [0.1, 0.15) is 21.5 Å². The number of rotatable bonds is 4. The third kappa shape index (κ3) is 3.82. The van der Waals surface area contributed by atoms with Crippen LogP contribution in [0.15, 0.2) is 17.6 Å². The van der Waals surface area contributed by atoms with Crippen LogP contribution in [0.1, 0.15) is 34.2 Å². The second kappa shape index (κ2) is 7.83. The van der Waals surface area contributed by atoms with Crippen LogP contribution in [0, 0.1) is 6.92 Å². The fourth-order valence-electron chi connectivity index (χ4n) is 2.72. The van der Waals surface area contributed by atoms with E-state index in [0.29, 0.717) is 27.8 Å². The van der Waals surface area contributed by atoms with Crippen molar-refractivity contribution < 1.29 is 14.7 Å². The summed E-state index contributed by atoms with van der Waals surface area (Å²) in [5.74, 6) is -0.0507. The molecule has 1 unspecified atom stereocenters. The van der Waals surface area contributed by atoms with Gasteiger partial charge in [-0.15, -0.1) is 22.7 Å². The van der Waals surface area contributed by atoms with Gasteiger partial charge >= 0.3 is 6.03 Å². The summed E-state index contributed by atoms with van der Waals surface area (Å²) in [5, 5.41) is 18.6. The summed E-state index contributed by atoms with van der Waals surface area (Å²) < 4.78 is 0. The van der Waals surface area contributed by atoms with Crippen molar-refractivity contribution in [3.8, 4) is 21.1 Å². The van der Waals surface area contributed by atoms with E-state index in [9.17, 15) is 14.7 Å². The summed E-state index contributed by atoms with van der Waals surface area (Å²) in [6.45, 7) is 4.21. The molecule has 4 heterocycles. The van der Waals surface area contributed by atoms with Crippen LogP contribution in [-0.2, 0) is 0 Å². The first kappa shape index (κ1) is 19.4. The number of aliphatic hydroxyl groups excluding tert-OH is 1. The summed E-state index contributed by atoms with van der Waals surface area (Å²) >= 11 is 2.65. The number of hydrogen-bond acceptors (Lipinski definition) is 9. The highest BCUT2D eigenvalue weighted by Gasteiger charge is 2.29. The zero-order valence-electron chi connectivity index (χ0n) is 15.4. The lowest BCUT2D eigenvalue weighted by Crippen LogP contribution is -2.44. The number of nitrogens with zero attached hydrogens (tertiary/aromatic N) is 3. The summed E-state index contributed by atoms with van der Waals surface area (Å²) in [7, 11) is 0. The van der Waals surface area contributed by atoms with Crippen molar-refractivity contribution in [1.29, 1.82) is 0 Å². The molecular formula is C17H17N7O3S2. The van der Waals surface area contributed by atoms with E-state index in [1.54, 1.807) is 12.3 Å². The number of aromatic nitrogens is 3. The average Bonchev–Trinajstić information content (AvgIpc) is 3.32. The molecule has 12 heteroatoms. The van der Waals surface area contributed by atoms with Crippen LogP contribution in [-0.4, -0.2) is 38.5 Å². The first-order chi connectivity index (χ1) is 14.0. The van der Waals surface area contributed by atoms with Crippen LogP contribution in [0.5, 0.6) is 0 Å². The van der Waals surface area contributed by atoms with Gasteiger partial charge in [-0.05, 0) is 19.9 Å². The standard InChI is InChI=1S/C17H17N7O3S2/c1-3-18-17(27)21-10-4-8(15-20-7(2)6-28-15)9(5-19-10)16-22-11-12(29-16)14(26)24-23-13(11)25/h4-6,14,24,26H,3H2,1-2H3,(H,23,25)(H2,18,19,21,27). The van der Waals surface area contributed by atoms with Crippen molar-refractivity contribution in [3.05, 3.63) is 33.9 Å². The van der Waals surface area contributed by atoms with E-state index in [1.807, 2.05) is 19.2 Å². The van der Waals surface area contributed by atoms with Crippen LogP contribution >= 0.6 is 22.7 Å². The number of fused-ring (bicyclic) bond motifs is 1. The van der Waals surface area contributed by atoms with Crippen molar-refractivity contribution in [3.63, 3.8) is 0 Å². The lowest BCUT2D eigenvalue weighted by molar-refractivity contribution is 0.0736. The maximum atomic E-state index is 12.0. The topological polar surface area (TPSA) is 141 Å². The van der Waals surface area contributed by atoms with Gasteiger partial charge in [-0.25, -0.2) is 25.2 Å². The molecule has 0 saturated heterocycles. The van der Waals surface area contributed by atoms with Gasteiger partial charge in [0, 0.05) is 34.9 Å². The molecule has 3 amide bonds. The van der Waals surface area contributed by atoms with Crippen LogP contribution in [0.4, 0.5) is 10.6 Å². The summed E-state index contributed by atoms with van der Waals surface area (Å²) in [5.41, 5.74) is 7.27. The minimum Gasteiger partial charge on any atom is -0.372 e. The number of hydrogen-bond donors (Lipinski definition) is 5. The molecule has 0 radical (unpaired) electrons. The third-order valence-electron chi connectivity index (χ3n) is 4.00. The van der Waals surface area contributed by atoms with Crippen LogP contribution in [0.3, 0.4) is 0 Å². The highest BCUT2D eigenvalue weighted by molar-refractivity contribution is 7.15. The molecular weight excluding hydrogens is 414 g/mol. The molecule has 4 rings (SSSR count). The van der Waals surface area contributed by atoms with Crippen molar-refractivity contribution in [2.45, 2.75) is 20.1 Å². The Morgan fingerprint density at radius 2 is 2.14 bits per heavy atom. The number of aliphatic hydroxyl groups is 1. The van der Waals surface area contributed by atoms with Crippen LogP contribution < -0.4 is 21.5 Å². The summed E-state index contributed by atoms with van der Waals surface area (Å²) in [6.07, 6.45) is 0.543. The summed E-state index contributed by atoms with van der Waals surface area (Å²) in [6, 6.07) is 1.36. The van der Waals surface area contributed by atoms with Crippen LogP contribution in [0.25, 0.3) is 21.1 Å². The maximum Gasteiger partial charge on any atom is 0.320 e. The van der Waals surface area contributed by atoms with Crippen molar-refractivity contribution in [1.82, 2.24) is 31.1 Å². The largest absolute Gasteiger partial charge is 0.372 e. The number of carbonyl (C=O) groups excluding carboxylic acids is 2. The Labute approximate surface area is 173 Å². The summed E-state index contributed by atoms with van der Waals surface area (Å²) in [4.78, 5) is 37.6. The van der Waals surface area contributed by atoms with Crippen LogP contribution in [0.2, 0.25) is 0 Å². The van der Waals surface area contributed by atoms with E-state index in [2.05, 4.69) is 36.4 Å². The Hall–Kier alpha value is -2.93. The number of urea groups is 1. The van der Waals surface area contributed by atoms with Crippen molar-refractivity contribution in [2.75, 3.05) is 11.9 Å². The minimum atomic E-state index is -1.04. The predicted molar refractivity (Wildman–Crippen MR) is 109 cm³/mol. The van der Waals surface area contributed by atoms with E-state index in [1.165, 1.54) is 22.7 Å². The maximum absolute atomic E-state index is 12.0. The molecule has 3 aromatic heterocycles. The Balaban J connectivity index is 1.80. The van der Waals surface area contributed by atoms with Gasteiger partial charge in [0.05, 0.1) is 4.88 Å². The molecule has 150 valence electrons. The van der Waals surface area contributed by atoms with Gasteiger partial charge < -0.3 is 10.4 Å². The molecule has 1 aliphatic heterocycles. The molecule has 29 heavy (non-hydrogen) atoms. The smallest absolute Gasteiger partial charge is 0.320 e. The molecule has 1 atom stereocenters. The monoisotopic (exact) mass is 431 g/mol. The predicted octanol–water partition coefficient (Wildman–Crippen LogP) is 2.02. The van der Waals surface area contributed by atoms with E-state index in [-0.39, 0.29) is 11.7 Å². The molecule has 0 fully saturated rings. The first-order valence-corrected chi connectivity index (χ1v) is 10.4. The lowest BCUT2D eigenvalue weighted by Gasteiger charge is -2.17. The SMILES string of the molecule is CCNC(=O)Nc1cc(-c2nc(C)cs2)c(-c2nc3c(s2)C(O)NNC3=O)cn1. The van der Waals surface area contributed by atoms with Gasteiger partial charge in [0.15, 0.2) is 6.23 Å². The number of thiazole rings is 2. The van der Waals surface area contributed by atoms with E-state index in [0.717, 1.165) is 16.3 Å². The molecule has 0 spiro atoms. The molecule has 5 N–H and O–H groups in total. The van der Waals surface area contributed by atoms with E-state index >= 15 is 0 Å². The highest BCUT2D eigenvalue weighted by atomic mass is 32.1. The molecule has 0 aromatic carbocycles. The normalized spacial score (nSPS) is 15.6. The van der Waals surface area contributed by atoms with Crippen molar-refractivity contribution >= 4 is 40.4 Å². The quantitative estimate of drug-likeness (QED) is 0.425. The number of nitrogens with one attached hydrogen (secondary N) is 4. The fraction of sp³-hybridized carbons (Fsp3) is 0.235. The number of aryl methyl sites for hydroxylation is 1. The fourth-order valence-corrected chi connectivity index (χ4v) is 4.57. The number of amides is 3. The van der Waals surface area contributed by atoms with Gasteiger partial charge in [-0.2, -0.15) is 0 Å². The Bertz CT molecular complexity index is 1090. The Morgan fingerprint density at radius 1 is 1.31 bits per heavy atom. The molecule has 0 bridgehead atoms. The third-order valence-corrected chi connectivity index (χ3v) is 6.14. The molecule has 0 saturated carbocycles. The minimum absolute atomic E-state index is 0.169. The second-order valence-electron chi connectivity index (χ2n) is 6.13. The van der Waals surface area contributed by atoms with Gasteiger partial charge in [-0.3, -0.25) is 15.5 Å². The van der Waals surface area contributed by atoms with Gasteiger partial charge in [0.25, 0.3) is 5.91 Å². The molecule has 10 nitrogen and oxygen atoms in total. The molecule has 1 aliphatic rings. The number of pyridine rings is 1. The zero-order chi connectivity index (χ0) is 20.5. The number of carbonyl (C=O) groups is 2. The highest BCUT2D eigenvalue weighted by Crippen LogP contribution is 2.39. The zero-order valence-corrected chi connectivity index (χ0v) is 17.1.